The summed E-state index contributed by atoms with van der Waals surface area (Å²) in [5.74, 6) is -0.0341. The Balaban J connectivity index is 1.93. The Hall–Kier alpha value is -2.64. The summed E-state index contributed by atoms with van der Waals surface area (Å²) < 4.78 is 11.2. The number of nitrogens with zero attached hydrogens (tertiary/aromatic N) is 1. The number of anilines is 1. The highest BCUT2D eigenvalue weighted by Crippen LogP contribution is 2.34. The number of carbonyl (C=O) groups excluding carboxylic acids is 2. The largest absolute Gasteiger partial charge is 0.492 e. The highest BCUT2D eigenvalue weighted by Gasteiger charge is 2.39. The van der Waals surface area contributed by atoms with Crippen molar-refractivity contribution in [3.8, 4) is 5.75 Å². The molecule has 0 unspecified atom stereocenters. The second-order valence-corrected chi connectivity index (χ2v) is 7.41. The molecule has 2 amide bonds. The molecule has 1 aliphatic rings. The molecule has 3 rings (SSSR count). The summed E-state index contributed by atoms with van der Waals surface area (Å²) in [6.45, 7) is 6.74. The van der Waals surface area contributed by atoms with E-state index in [1.165, 1.54) is 16.2 Å². The normalized spacial score (nSPS) is 14.4. The number of hydrogen-bond donors (Lipinski definition) is 1. The molecule has 28 heavy (non-hydrogen) atoms. The summed E-state index contributed by atoms with van der Waals surface area (Å²) in [5, 5.41) is 5.04. The zero-order valence-corrected chi connectivity index (χ0v) is 17.0. The molecule has 7 heteroatoms. The average molecular weight is 401 g/mol. The Bertz CT molecular complexity index is 874. The number of amides is 2. The van der Waals surface area contributed by atoms with Crippen molar-refractivity contribution in [2.45, 2.75) is 26.9 Å². The predicted molar refractivity (Wildman–Crippen MR) is 110 cm³/mol. The summed E-state index contributed by atoms with van der Waals surface area (Å²) in [5.41, 5.74) is 1.30. The molecule has 1 aromatic heterocycles. The van der Waals surface area contributed by atoms with Gasteiger partial charge in [-0.1, -0.05) is 18.2 Å². The molecule has 0 aliphatic carbocycles. The van der Waals surface area contributed by atoms with E-state index in [4.69, 9.17) is 9.47 Å². The van der Waals surface area contributed by atoms with Crippen LogP contribution in [0.1, 0.15) is 25.6 Å². The molecule has 1 aromatic carbocycles. The minimum Gasteiger partial charge on any atom is -0.492 e. The van der Waals surface area contributed by atoms with Crippen molar-refractivity contribution in [2.75, 3.05) is 25.1 Å². The molecule has 0 spiro atoms. The Morgan fingerprint density at radius 2 is 1.89 bits per heavy atom. The molecule has 0 saturated carbocycles. The topological polar surface area (TPSA) is 67.9 Å². The van der Waals surface area contributed by atoms with Gasteiger partial charge in [-0.3, -0.25) is 14.5 Å². The molecule has 1 N–H and O–H groups in total. The van der Waals surface area contributed by atoms with E-state index in [1.54, 1.807) is 0 Å². The number of ether oxygens (including phenoxy) is 2. The van der Waals surface area contributed by atoms with Gasteiger partial charge in [0.1, 0.15) is 11.4 Å². The van der Waals surface area contributed by atoms with Crippen molar-refractivity contribution in [1.82, 2.24) is 4.90 Å². The van der Waals surface area contributed by atoms with Crippen LogP contribution < -0.4 is 10.1 Å². The summed E-state index contributed by atoms with van der Waals surface area (Å²) in [6.07, 6.45) is 0.0354. The summed E-state index contributed by atoms with van der Waals surface area (Å²) >= 11 is 1.43. The number of nitrogens with one attached hydrogen (secondary N) is 1. The molecule has 0 bridgehead atoms. The van der Waals surface area contributed by atoms with Crippen LogP contribution in [0.5, 0.6) is 5.75 Å². The minimum atomic E-state index is -0.355. The van der Waals surface area contributed by atoms with Crippen LogP contribution in [0.3, 0.4) is 0 Å². The monoisotopic (exact) mass is 400 g/mol. The third-order valence-electron chi connectivity index (χ3n) is 4.15. The third-order valence-corrected chi connectivity index (χ3v) is 5.04. The molecule has 0 radical (unpaired) electrons. The molecule has 0 atom stereocenters. The van der Waals surface area contributed by atoms with Crippen LogP contribution in [-0.2, 0) is 14.3 Å². The van der Waals surface area contributed by atoms with Gasteiger partial charge in [-0.05, 0) is 44.4 Å². The summed E-state index contributed by atoms with van der Waals surface area (Å²) in [7, 11) is 0. The number of benzene rings is 1. The lowest BCUT2D eigenvalue weighted by atomic mass is 10.2. The molecule has 2 aromatic rings. The minimum absolute atomic E-state index is 0.0354. The van der Waals surface area contributed by atoms with Crippen LogP contribution in [0.2, 0.25) is 0 Å². The van der Waals surface area contributed by atoms with Gasteiger partial charge in [-0.15, -0.1) is 11.3 Å². The van der Waals surface area contributed by atoms with E-state index in [2.05, 4.69) is 5.32 Å². The molecule has 148 valence electrons. The Morgan fingerprint density at radius 1 is 1.11 bits per heavy atom. The van der Waals surface area contributed by atoms with Gasteiger partial charge in [0, 0.05) is 4.88 Å². The van der Waals surface area contributed by atoms with Crippen LogP contribution >= 0.6 is 11.3 Å². The van der Waals surface area contributed by atoms with Crippen molar-refractivity contribution in [3.05, 3.63) is 52.4 Å². The number of hydrogen-bond acceptors (Lipinski definition) is 6. The zero-order chi connectivity index (χ0) is 20.1. The molecule has 1 aliphatic heterocycles. The van der Waals surface area contributed by atoms with Crippen molar-refractivity contribution < 1.29 is 19.1 Å². The second kappa shape index (κ2) is 9.03. The maximum Gasteiger partial charge on any atom is 0.278 e. The van der Waals surface area contributed by atoms with E-state index in [1.807, 2.05) is 62.5 Å². The fraction of sp³-hybridized carbons (Fsp3) is 0.333. The highest BCUT2D eigenvalue weighted by atomic mass is 32.1. The number of rotatable bonds is 9. The van der Waals surface area contributed by atoms with E-state index in [-0.39, 0.29) is 30.2 Å². The lowest BCUT2D eigenvalue weighted by Gasteiger charge is -2.17. The van der Waals surface area contributed by atoms with Gasteiger partial charge in [0.05, 0.1) is 37.1 Å². The van der Waals surface area contributed by atoms with E-state index < -0.39 is 0 Å². The second-order valence-electron chi connectivity index (χ2n) is 6.46. The summed E-state index contributed by atoms with van der Waals surface area (Å²) in [4.78, 5) is 28.1. The van der Waals surface area contributed by atoms with Crippen LogP contribution in [0.25, 0.3) is 5.57 Å². The van der Waals surface area contributed by atoms with E-state index in [9.17, 15) is 9.59 Å². The first kappa shape index (κ1) is 20.1. The van der Waals surface area contributed by atoms with Gasteiger partial charge in [-0.2, -0.15) is 0 Å². The lowest BCUT2D eigenvalue weighted by molar-refractivity contribution is -0.137. The van der Waals surface area contributed by atoms with Crippen LogP contribution in [-0.4, -0.2) is 42.6 Å². The Kier molecular flexibility index (Phi) is 6.49. The van der Waals surface area contributed by atoms with Crippen molar-refractivity contribution in [1.29, 1.82) is 0 Å². The smallest absolute Gasteiger partial charge is 0.278 e. The van der Waals surface area contributed by atoms with Gasteiger partial charge in [0.15, 0.2) is 0 Å². The lowest BCUT2D eigenvalue weighted by Crippen LogP contribution is -2.35. The summed E-state index contributed by atoms with van der Waals surface area (Å²) in [6, 6.07) is 11.1. The SMILES string of the molecule is CCOc1ccccc1NC1=C(c2cccs2)C(=O)N(CCOC(C)C)C1=O. The molecular weight excluding hydrogens is 376 g/mol. The number of imide groups is 1. The van der Waals surface area contributed by atoms with E-state index >= 15 is 0 Å². The van der Waals surface area contributed by atoms with Gasteiger partial charge >= 0.3 is 0 Å². The molecule has 0 saturated heterocycles. The number of carbonyl (C=O) groups is 2. The molecule has 6 nitrogen and oxygen atoms in total. The molecular formula is C21H24N2O4S. The van der Waals surface area contributed by atoms with E-state index in [0.29, 0.717) is 30.2 Å². The fourth-order valence-electron chi connectivity index (χ4n) is 2.91. The van der Waals surface area contributed by atoms with Crippen molar-refractivity contribution >= 4 is 34.4 Å². The van der Waals surface area contributed by atoms with Gasteiger partial charge in [0.25, 0.3) is 11.8 Å². The number of para-hydroxylation sites is 2. The van der Waals surface area contributed by atoms with Crippen LogP contribution in [0.15, 0.2) is 47.5 Å². The standard InChI is InChI=1S/C21H24N2O4S/c1-4-26-16-9-6-5-8-15(16)22-19-18(17-10-7-13-28-17)20(24)23(21(19)25)11-12-27-14(2)3/h5-10,13-14,22H,4,11-12H2,1-3H3. The van der Waals surface area contributed by atoms with Crippen molar-refractivity contribution in [2.24, 2.45) is 0 Å². The van der Waals surface area contributed by atoms with E-state index in [0.717, 1.165) is 4.88 Å². The number of thiophene rings is 1. The third kappa shape index (κ3) is 4.26. The molecule has 2 heterocycles. The van der Waals surface area contributed by atoms with Gasteiger partial charge < -0.3 is 14.8 Å². The highest BCUT2D eigenvalue weighted by molar-refractivity contribution is 7.11. The maximum atomic E-state index is 13.1. The average Bonchev–Trinajstić information content (AvgIpc) is 3.26. The van der Waals surface area contributed by atoms with Gasteiger partial charge in [0.2, 0.25) is 0 Å². The van der Waals surface area contributed by atoms with Crippen LogP contribution in [0.4, 0.5) is 5.69 Å². The predicted octanol–water partition coefficient (Wildman–Crippen LogP) is 3.76. The first-order chi connectivity index (χ1) is 13.5. The first-order valence-electron chi connectivity index (χ1n) is 9.27. The Labute approximate surface area is 168 Å². The zero-order valence-electron chi connectivity index (χ0n) is 16.2. The fourth-order valence-corrected chi connectivity index (χ4v) is 3.68. The maximum absolute atomic E-state index is 13.1. The first-order valence-corrected chi connectivity index (χ1v) is 10.2. The Morgan fingerprint density at radius 3 is 2.57 bits per heavy atom. The molecule has 0 fully saturated rings. The van der Waals surface area contributed by atoms with Gasteiger partial charge in [-0.25, -0.2) is 0 Å². The quantitative estimate of drug-likeness (QED) is 0.649. The van der Waals surface area contributed by atoms with Crippen molar-refractivity contribution in [3.63, 3.8) is 0 Å². The van der Waals surface area contributed by atoms with Crippen LogP contribution in [0, 0.1) is 0 Å².